The molecule has 2 unspecified atom stereocenters. The standard InChI is InChI=1S/C13H18F2N2O2S.ClH/c1-9(16)13-4-2-3-5-17(13)20(18,19)12-7-10(14)6-11(15)8-12;/h6-9,13H,2-5,16H2,1H3;1H. The van der Waals surface area contributed by atoms with Crippen molar-refractivity contribution < 1.29 is 17.2 Å². The minimum Gasteiger partial charge on any atom is -0.326 e. The fourth-order valence-corrected chi connectivity index (χ4v) is 4.38. The fourth-order valence-electron chi connectivity index (χ4n) is 2.57. The highest BCUT2D eigenvalue weighted by molar-refractivity contribution is 7.89. The summed E-state index contributed by atoms with van der Waals surface area (Å²) in [5.41, 5.74) is 5.84. The molecule has 1 heterocycles. The molecule has 0 saturated carbocycles. The van der Waals surface area contributed by atoms with Crippen LogP contribution in [0, 0.1) is 11.6 Å². The highest BCUT2D eigenvalue weighted by Crippen LogP contribution is 2.27. The zero-order valence-electron chi connectivity index (χ0n) is 11.6. The SMILES string of the molecule is CC(N)C1CCCCN1S(=O)(=O)c1cc(F)cc(F)c1.Cl. The summed E-state index contributed by atoms with van der Waals surface area (Å²) in [6.07, 6.45) is 2.28. The maximum absolute atomic E-state index is 13.2. The molecule has 2 atom stereocenters. The van der Waals surface area contributed by atoms with Crippen molar-refractivity contribution >= 4 is 22.4 Å². The second-order valence-corrected chi connectivity index (χ2v) is 7.03. The van der Waals surface area contributed by atoms with Crippen LogP contribution in [0.3, 0.4) is 0 Å². The molecule has 8 heteroatoms. The molecule has 2 N–H and O–H groups in total. The Morgan fingerprint density at radius 2 is 1.81 bits per heavy atom. The number of benzene rings is 1. The Morgan fingerprint density at radius 3 is 2.33 bits per heavy atom. The van der Waals surface area contributed by atoms with Crippen molar-refractivity contribution in [3.63, 3.8) is 0 Å². The van der Waals surface area contributed by atoms with Gasteiger partial charge in [0.15, 0.2) is 0 Å². The molecule has 4 nitrogen and oxygen atoms in total. The number of sulfonamides is 1. The molecule has 1 aromatic carbocycles. The molecule has 21 heavy (non-hydrogen) atoms. The van der Waals surface area contributed by atoms with Gasteiger partial charge < -0.3 is 5.73 Å². The molecular formula is C13H19ClF2N2O2S. The average molecular weight is 341 g/mol. The number of rotatable bonds is 3. The van der Waals surface area contributed by atoms with Gasteiger partial charge in [-0.15, -0.1) is 12.4 Å². The molecule has 0 spiro atoms. The van der Waals surface area contributed by atoms with Gasteiger partial charge in [0.25, 0.3) is 0 Å². The monoisotopic (exact) mass is 340 g/mol. The van der Waals surface area contributed by atoms with Crippen LogP contribution in [0.5, 0.6) is 0 Å². The predicted molar refractivity (Wildman–Crippen MR) is 78.8 cm³/mol. The van der Waals surface area contributed by atoms with Crippen molar-refractivity contribution in [3.8, 4) is 0 Å². The molecule has 120 valence electrons. The summed E-state index contributed by atoms with van der Waals surface area (Å²) < 4.78 is 52.8. The Morgan fingerprint density at radius 1 is 1.24 bits per heavy atom. The fraction of sp³-hybridized carbons (Fsp3) is 0.538. The van der Waals surface area contributed by atoms with Crippen molar-refractivity contribution in [3.05, 3.63) is 29.8 Å². The third-order valence-electron chi connectivity index (χ3n) is 3.55. The molecule has 1 aliphatic heterocycles. The summed E-state index contributed by atoms with van der Waals surface area (Å²) in [5, 5.41) is 0. The Hall–Kier alpha value is -0.760. The van der Waals surface area contributed by atoms with Gasteiger partial charge in [0.05, 0.1) is 4.90 Å². The highest BCUT2D eigenvalue weighted by Gasteiger charge is 2.35. The van der Waals surface area contributed by atoms with E-state index in [-0.39, 0.29) is 29.4 Å². The average Bonchev–Trinajstić information content (AvgIpc) is 2.37. The van der Waals surface area contributed by atoms with Crippen LogP contribution < -0.4 is 5.73 Å². The van der Waals surface area contributed by atoms with Crippen LogP contribution >= 0.6 is 12.4 Å². The van der Waals surface area contributed by atoms with Crippen molar-refractivity contribution in [2.24, 2.45) is 5.73 Å². The molecular weight excluding hydrogens is 322 g/mol. The highest BCUT2D eigenvalue weighted by atomic mass is 35.5. The number of piperidine rings is 1. The van der Waals surface area contributed by atoms with Gasteiger partial charge in [0.2, 0.25) is 10.0 Å². The molecule has 1 aromatic rings. The number of nitrogens with zero attached hydrogens (tertiary/aromatic N) is 1. The largest absolute Gasteiger partial charge is 0.326 e. The quantitative estimate of drug-likeness (QED) is 0.918. The first-order valence-corrected chi connectivity index (χ1v) is 8.00. The van der Waals surface area contributed by atoms with Gasteiger partial charge in [0, 0.05) is 24.7 Å². The van der Waals surface area contributed by atoms with Gasteiger partial charge in [-0.05, 0) is 31.9 Å². The van der Waals surface area contributed by atoms with E-state index in [1.54, 1.807) is 6.92 Å². The Kier molecular flexibility index (Phi) is 6.10. The lowest BCUT2D eigenvalue weighted by Gasteiger charge is -2.36. The summed E-state index contributed by atoms with van der Waals surface area (Å²) in [7, 11) is -3.93. The first-order valence-electron chi connectivity index (χ1n) is 6.56. The molecule has 0 bridgehead atoms. The van der Waals surface area contributed by atoms with Crippen LogP contribution in [0.1, 0.15) is 26.2 Å². The molecule has 2 rings (SSSR count). The minimum absolute atomic E-state index is 0. The normalized spacial score (nSPS) is 21.6. The second-order valence-electron chi connectivity index (χ2n) is 5.14. The van der Waals surface area contributed by atoms with Crippen LogP contribution in [-0.2, 0) is 10.0 Å². The van der Waals surface area contributed by atoms with E-state index >= 15 is 0 Å². The Labute approximate surface area is 129 Å². The van der Waals surface area contributed by atoms with E-state index in [1.807, 2.05) is 0 Å². The lowest BCUT2D eigenvalue weighted by Crippen LogP contribution is -2.51. The number of hydrogen-bond donors (Lipinski definition) is 1. The van der Waals surface area contributed by atoms with E-state index in [1.165, 1.54) is 4.31 Å². The van der Waals surface area contributed by atoms with Gasteiger partial charge in [0.1, 0.15) is 11.6 Å². The lowest BCUT2D eigenvalue weighted by molar-refractivity contribution is 0.227. The molecule has 0 aromatic heterocycles. The summed E-state index contributed by atoms with van der Waals surface area (Å²) >= 11 is 0. The summed E-state index contributed by atoms with van der Waals surface area (Å²) in [6, 6.07) is 1.66. The number of nitrogens with two attached hydrogens (primary N) is 1. The van der Waals surface area contributed by atoms with E-state index in [2.05, 4.69) is 0 Å². The van der Waals surface area contributed by atoms with Crippen LogP contribution in [0.2, 0.25) is 0 Å². The molecule has 1 fully saturated rings. The minimum atomic E-state index is -3.93. The zero-order valence-corrected chi connectivity index (χ0v) is 13.3. The van der Waals surface area contributed by atoms with E-state index in [0.717, 1.165) is 25.0 Å². The lowest BCUT2D eigenvalue weighted by atomic mass is 10.00. The first kappa shape index (κ1) is 18.3. The molecule has 1 saturated heterocycles. The van der Waals surface area contributed by atoms with Crippen LogP contribution in [-0.4, -0.2) is 31.4 Å². The van der Waals surface area contributed by atoms with Crippen molar-refractivity contribution in [1.29, 1.82) is 0 Å². The van der Waals surface area contributed by atoms with E-state index in [4.69, 9.17) is 5.73 Å². The molecule has 1 aliphatic rings. The maximum atomic E-state index is 13.2. The van der Waals surface area contributed by atoms with Crippen molar-refractivity contribution in [1.82, 2.24) is 4.31 Å². The first-order chi connectivity index (χ1) is 9.32. The number of halogens is 3. The second kappa shape index (κ2) is 7.00. The van der Waals surface area contributed by atoms with E-state index < -0.39 is 21.7 Å². The van der Waals surface area contributed by atoms with Gasteiger partial charge >= 0.3 is 0 Å². The van der Waals surface area contributed by atoms with Gasteiger partial charge in [-0.25, -0.2) is 17.2 Å². The van der Waals surface area contributed by atoms with Gasteiger partial charge in [-0.1, -0.05) is 6.42 Å². The van der Waals surface area contributed by atoms with Crippen molar-refractivity contribution in [2.75, 3.05) is 6.54 Å². The van der Waals surface area contributed by atoms with E-state index in [0.29, 0.717) is 19.0 Å². The Bertz CT molecular complexity index is 576. The topological polar surface area (TPSA) is 63.4 Å². The maximum Gasteiger partial charge on any atom is 0.243 e. The van der Waals surface area contributed by atoms with Gasteiger partial charge in [-0.2, -0.15) is 4.31 Å². The Balaban J connectivity index is 0.00000220. The third-order valence-corrected chi connectivity index (χ3v) is 5.45. The molecule has 0 aliphatic carbocycles. The molecule has 0 radical (unpaired) electrons. The predicted octanol–water partition coefficient (Wildman–Crippen LogP) is 2.28. The van der Waals surface area contributed by atoms with E-state index in [9.17, 15) is 17.2 Å². The van der Waals surface area contributed by atoms with Crippen LogP contribution in [0.4, 0.5) is 8.78 Å². The van der Waals surface area contributed by atoms with Crippen LogP contribution in [0.15, 0.2) is 23.1 Å². The summed E-state index contributed by atoms with van der Waals surface area (Å²) in [4.78, 5) is -0.359. The molecule has 0 amide bonds. The smallest absolute Gasteiger partial charge is 0.243 e. The van der Waals surface area contributed by atoms with Crippen molar-refractivity contribution in [2.45, 2.75) is 43.2 Å². The number of hydrogen-bond acceptors (Lipinski definition) is 3. The summed E-state index contributed by atoms with van der Waals surface area (Å²) in [6.45, 7) is 2.07. The zero-order chi connectivity index (χ0) is 14.9. The van der Waals surface area contributed by atoms with Gasteiger partial charge in [-0.3, -0.25) is 0 Å². The summed E-state index contributed by atoms with van der Waals surface area (Å²) in [5.74, 6) is -1.81. The van der Waals surface area contributed by atoms with Crippen LogP contribution in [0.25, 0.3) is 0 Å². The third kappa shape index (κ3) is 3.91.